The van der Waals surface area contributed by atoms with E-state index in [1.807, 2.05) is 30.3 Å². The molecule has 2 aromatic heterocycles. The van der Waals surface area contributed by atoms with Crippen LogP contribution in [0.5, 0.6) is 0 Å². The van der Waals surface area contributed by atoms with E-state index in [-0.39, 0.29) is 11.5 Å². The third kappa shape index (κ3) is 4.86. The highest BCUT2D eigenvalue weighted by atomic mass is 79.9. The molecule has 0 fully saturated rings. The zero-order valence-corrected chi connectivity index (χ0v) is 24.5. The normalized spacial score (nSPS) is 12.7. The molecule has 5 nitrogen and oxygen atoms in total. The predicted octanol–water partition coefficient (Wildman–Crippen LogP) is 8.08. The van der Waals surface area contributed by atoms with Crippen molar-refractivity contribution in [3.8, 4) is 0 Å². The second kappa shape index (κ2) is 10.4. The molecule has 1 atom stereocenters. The van der Waals surface area contributed by atoms with Crippen molar-refractivity contribution >= 4 is 75.8 Å². The molecule has 182 valence electrons. The Hall–Kier alpha value is -2.55. The van der Waals surface area contributed by atoms with E-state index in [4.69, 9.17) is 10.1 Å². The Labute approximate surface area is 234 Å². The summed E-state index contributed by atoms with van der Waals surface area (Å²) in [5.41, 5.74) is 3.72. The molecule has 2 heterocycles. The molecule has 0 N–H and O–H groups in total. The lowest BCUT2D eigenvalue weighted by Crippen LogP contribution is -2.23. The summed E-state index contributed by atoms with van der Waals surface area (Å²) in [5.74, 6) is 0.745. The van der Waals surface area contributed by atoms with Gasteiger partial charge in [-0.15, -0.1) is 0 Å². The zero-order valence-electron chi connectivity index (χ0n) is 19.8. The van der Waals surface area contributed by atoms with E-state index < -0.39 is 0 Å². The first-order chi connectivity index (χ1) is 17.4. The highest BCUT2D eigenvalue weighted by molar-refractivity contribution is 9.11. The van der Waals surface area contributed by atoms with Crippen molar-refractivity contribution in [2.45, 2.75) is 32.7 Å². The summed E-state index contributed by atoms with van der Waals surface area (Å²) >= 11 is 10.7. The van der Waals surface area contributed by atoms with E-state index in [9.17, 15) is 4.79 Å². The molecule has 0 radical (unpaired) electrons. The molecule has 0 bridgehead atoms. The Morgan fingerprint density at radius 3 is 2.53 bits per heavy atom. The second-order valence-electron chi connectivity index (χ2n) is 8.77. The molecule has 0 aliphatic rings. The smallest absolute Gasteiger partial charge is 0.282 e. The number of halogens is 3. The molecular weight excluding hydrogens is 648 g/mol. The molecule has 0 aliphatic heterocycles. The van der Waals surface area contributed by atoms with E-state index in [1.165, 1.54) is 10.2 Å². The monoisotopic (exact) mass is 668 g/mol. The third-order valence-corrected chi connectivity index (χ3v) is 8.10. The van der Waals surface area contributed by atoms with Gasteiger partial charge < -0.3 is 4.57 Å². The first-order valence-corrected chi connectivity index (χ1v) is 14.0. The Kier molecular flexibility index (Phi) is 7.28. The van der Waals surface area contributed by atoms with Crippen LogP contribution in [0.15, 0.2) is 90.2 Å². The minimum atomic E-state index is -0.171. The molecular formula is C28H23Br3N4O. The van der Waals surface area contributed by atoms with Gasteiger partial charge in [0.25, 0.3) is 5.56 Å². The average Bonchev–Trinajstić information content (AvgIpc) is 3.22. The van der Waals surface area contributed by atoms with Gasteiger partial charge in [0.2, 0.25) is 0 Å². The van der Waals surface area contributed by atoms with Gasteiger partial charge >= 0.3 is 0 Å². The zero-order chi connectivity index (χ0) is 25.4. The van der Waals surface area contributed by atoms with Crippen LogP contribution in [-0.4, -0.2) is 20.4 Å². The van der Waals surface area contributed by atoms with Gasteiger partial charge in [0, 0.05) is 48.5 Å². The van der Waals surface area contributed by atoms with Crippen molar-refractivity contribution in [1.82, 2.24) is 14.2 Å². The Bertz CT molecular complexity index is 1690. The summed E-state index contributed by atoms with van der Waals surface area (Å²) in [6.07, 6.45) is 4.71. The molecule has 0 saturated heterocycles. The van der Waals surface area contributed by atoms with Crippen LogP contribution in [0.2, 0.25) is 0 Å². The molecule has 0 spiro atoms. The van der Waals surface area contributed by atoms with Crippen LogP contribution in [-0.2, 0) is 6.54 Å². The van der Waals surface area contributed by atoms with Crippen LogP contribution in [0.25, 0.3) is 21.8 Å². The standard InChI is InChI=1S/C28H23Br3N4O/c1-3-17(2)27-33-25-11-10-20(29)12-23(25)28(36)35(27)32-14-19-16-34(26-7-5-4-6-22(19)26)15-18-8-9-21(30)13-24(18)31/h4-14,16-17H,3,15H2,1-2H3/t17-/m1/s1. The fourth-order valence-corrected chi connectivity index (χ4v) is 5.77. The van der Waals surface area contributed by atoms with E-state index in [1.54, 1.807) is 12.3 Å². The van der Waals surface area contributed by atoms with Crippen molar-refractivity contribution in [3.05, 3.63) is 108 Å². The quantitative estimate of drug-likeness (QED) is 0.172. The van der Waals surface area contributed by atoms with E-state index in [2.05, 4.69) is 96.7 Å². The summed E-state index contributed by atoms with van der Waals surface area (Å²) in [4.78, 5) is 18.3. The molecule has 0 amide bonds. The lowest BCUT2D eigenvalue weighted by Gasteiger charge is -2.13. The number of para-hydroxylation sites is 1. The molecule has 5 aromatic rings. The molecule has 0 aliphatic carbocycles. The Balaban J connectivity index is 1.62. The number of aromatic nitrogens is 3. The van der Waals surface area contributed by atoms with Gasteiger partial charge in [-0.25, -0.2) is 4.98 Å². The largest absolute Gasteiger partial charge is 0.342 e. The maximum absolute atomic E-state index is 13.5. The van der Waals surface area contributed by atoms with Crippen molar-refractivity contribution in [1.29, 1.82) is 0 Å². The molecule has 8 heteroatoms. The van der Waals surface area contributed by atoms with Crippen molar-refractivity contribution in [2.24, 2.45) is 5.10 Å². The summed E-state index contributed by atoms with van der Waals surface area (Å²) < 4.78 is 6.58. The predicted molar refractivity (Wildman–Crippen MR) is 158 cm³/mol. The molecule has 5 rings (SSSR count). The Morgan fingerprint density at radius 1 is 1.00 bits per heavy atom. The fourth-order valence-electron chi connectivity index (χ4n) is 4.24. The number of benzene rings is 3. The lowest BCUT2D eigenvalue weighted by molar-refractivity contribution is 0.613. The molecule has 0 unspecified atom stereocenters. The fraction of sp³-hybridized carbons (Fsp3) is 0.179. The maximum atomic E-state index is 13.5. The number of fused-ring (bicyclic) bond motifs is 2. The number of hydrogen-bond acceptors (Lipinski definition) is 3. The Morgan fingerprint density at radius 2 is 1.75 bits per heavy atom. The van der Waals surface area contributed by atoms with Crippen LogP contribution >= 0.6 is 47.8 Å². The van der Waals surface area contributed by atoms with Crippen LogP contribution in [0.3, 0.4) is 0 Å². The summed E-state index contributed by atoms with van der Waals surface area (Å²) in [5, 5.41) is 6.31. The SMILES string of the molecule is CC[C@@H](C)c1nc2ccc(Br)cc2c(=O)n1N=Cc1cn(Cc2ccc(Br)cc2Br)c2ccccc12. The van der Waals surface area contributed by atoms with Crippen LogP contribution < -0.4 is 5.56 Å². The summed E-state index contributed by atoms with van der Waals surface area (Å²) in [6, 6.07) is 20.0. The van der Waals surface area contributed by atoms with Crippen molar-refractivity contribution in [3.63, 3.8) is 0 Å². The topological polar surface area (TPSA) is 52.2 Å². The summed E-state index contributed by atoms with van der Waals surface area (Å²) in [7, 11) is 0. The van der Waals surface area contributed by atoms with Gasteiger partial charge in [-0.1, -0.05) is 85.9 Å². The van der Waals surface area contributed by atoms with E-state index in [0.29, 0.717) is 23.3 Å². The van der Waals surface area contributed by atoms with Crippen molar-refractivity contribution in [2.75, 3.05) is 0 Å². The van der Waals surface area contributed by atoms with Crippen LogP contribution in [0.4, 0.5) is 0 Å². The van der Waals surface area contributed by atoms with Crippen LogP contribution in [0, 0.1) is 0 Å². The first kappa shape index (κ1) is 25.1. The minimum Gasteiger partial charge on any atom is -0.342 e. The van der Waals surface area contributed by atoms with E-state index in [0.717, 1.165) is 36.3 Å². The third-order valence-electron chi connectivity index (χ3n) is 6.37. The van der Waals surface area contributed by atoms with Gasteiger partial charge in [-0.2, -0.15) is 9.78 Å². The minimum absolute atomic E-state index is 0.0824. The summed E-state index contributed by atoms with van der Waals surface area (Å²) in [6.45, 7) is 4.86. The second-order valence-corrected chi connectivity index (χ2v) is 11.5. The van der Waals surface area contributed by atoms with Crippen molar-refractivity contribution < 1.29 is 0 Å². The van der Waals surface area contributed by atoms with E-state index >= 15 is 0 Å². The number of rotatable bonds is 6. The van der Waals surface area contributed by atoms with Gasteiger partial charge in [0.15, 0.2) is 0 Å². The average molecular weight is 671 g/mol. The number of hydrogen-bond donors (Lipinski definition) is 0. The highest BCUT2D eigenvalue weighted by Crippen LogP contribution is 2.26. The first-order valence-electron chi connectivity index (χ1n) is 11.6. The van der Waals surface area contributed by atoms with Gasteiger partial charge in [0.05, 0.1) is 17.1 Å². The molecule has 36 heavy (non-hydrogen) atoms. The molecule has 3 aromatic carbocycles. The molecule has 0 saturated carbocycles. The highest BCUT2D eigenvalue weighted by Gasteiger charge is 2.16. The van der Waals surface area contributed by atoms with Gasteiger partial charge in [-0.05, 0) is 48.4 Å². The van der Waals surface area contributed by atoms with Gasteiger partial charge in [0.1, 0.15) is 5.82 Å². The number of nitrogens with zero attached hydrogens (tertiary/aromatic N) is 4. The lowest BCUT2D eigenvalue weighted by atomic mass is 10.1. The van der Waals surface area contributed by atoms with Gasteiger partial charge in [-0.3, -0.25) is 4.79 Å². The maximum Gasteiger partial charge on any atom is 0.282 e. The van der Waals surface area contributed by atoms with Crippen LogP contribution in [0.1, 0.15) is 43.1 Å².